The Morgan fingerprint density at radius 2 is 1.86 bits per heavy atom. The lowest BCUT2D eigenvalue weighted by molar-refractivity contribution is -0.167. The van der Waals surface area contributed by atoms with Crippen molar-refractivity contribution in [2.24, 2.45) is 23.2 Å². The minimum Gasteiger partial charge on any atom is -0.458 e. The average Bonchev–Trinajstić information content (AvgIpc) is 3.05. The lowest BCUT2D eigenvalue weighted by Crippen LogP contribution is -2.49. The molecule has 0 spiro atoms. The van der Waals surface area contributed by atoms with Crippen LogP contribution in [0.5, 0.6) is 0 Å². The summed E-state index contributed by atoms with van der Waals surface area (Å²) in [5, 5.41) is 0. The van der Waals surface area contributed by atoms with E-state index in [2.05, 4.69) is 6.58 Å². The van der Waals surface area contributed by atoms with Gasteiger partial charge in [-0.3, -0.25) is 9.59 Å². The topological polar surface area (TPSA) is 96.0 Å². The zero-order valence-electron chi connectivity index (χ0n) is 17.3. The van der Waals surface area contributed by atoms with Gasteiger partial charge < -0.3 is 14.2 Å². The maximum Gasteiger partial charge on any atom is 0.334 e. The summed E-state index contributed by atoms with van der Waals surface area (Å²) in [7, 11) is 0. The minimum absolute atomic E-state index is 0.107. The van der Waals surface area contributed by atoms with Gasteiger partial charge in [0.05, 0.1) is 11.3 Å². The Labute approximate surface area is 169 Å². The molecular weight excluding hydrogens is 376 g/mol. The van der Waals surface area contributed by atoms with Crippen LogP contribution in [0, 0.1) is 23.2 Å². The van der Waals surface area contributed by atoms with E-state index >= 15 is 0 Å². The van der Waals surface area contributed by atoms with Crippen molar-refractivity contribution in [3.63, 3.8) is 0 Å². The average molecular weight is 402 g/mol. The molecular formula is C22H26O7. The number of hydrogen-bond acceptors (Lipinski definition) is 7. The van der Waals surface area contributed by atoms with E-state index in [9.17, 15) is 19.2 Å². The largest absolute Gasteiger partial charge is 0.458 e. The van der Waals surface area contributed by atoms with Crippen molar-refractivity contribution in [3.05, 3.63) is 36.0 Å². The Kier molecular flexibility index (Phi) is 5.28. The predicted molar refractivity (Wildman–Crippen MR) is 102 cm³/mol. The lowest BCUT2D eigenvalue weighted by Gasteiger charge is -2.39. The summed E-state index contributed by atoms with van der Waals surface area (Å²) in [6, 6.07) is 0. The van der Waals surface area contributed by atoms with Crippen LogP contribution in [0.15, 0.2) is 36.0 Å². The van der Waals surface area contributed by atoms with Gasteiger partial charge >= 0.3 is 17.9 Å². The summed E-state index contributed by atoms with van der Waals surface area (Å²) in [6.45, 7) is 12.2. The maximum absolute atomic E-state index is 13.0. The van der Waals surface area contributed by atoms with Crippen molar-refractivity contribution in [2.75, 3.05) is 0 Å². The van der Waals surface area contributed by atoms with Crippen molar-refractivity contribution in [1.29, 1.82) is 0 Å². The molecule has 2 fully saturated rings. The highest BCUT2D eigenvalue weighted by molar-refractivity contribution is 5.99. The van der Waals surface area contributed by atoms with E-state index in [1.54, 1.807) is 26.8 Å². The molecule has 0 aromatic heterocycles. The number of ether oxygens (including phenoxy) is 3. The van der Waals surface area contributed by atoms with Crippen LogP contribution in [0.1, 0.15) is 34.6 Å². The fraction of sp³-hybridized carbons (Fsp3) is 0.545. The van der Waals surface area contributed by atoms with Crippen LogP contribution in [0.4, 0.5) is 0 Å². The second-order valence-electron chi connectivity index (χ2n) is 8.47. The van der Waals surface area contributed by atoms with Crippen molar-refractivity contribution >= 4 is 23.7 Å². The fourth-order valence-electron chi connectivity index (χ4n) is 4.85. The Morgan fingerprint density at radius 3 is 2.45 bits per heavy atom. The number of carbonyl (C=O) groups excluding carboxylic acids is 4. The third-order valence-corrected chi connectivity index (χ3v) is 6.22. The number of ketones is 1. The SMILES string of the molecule is C=C1C(=O)OC2C(OC(C)=O)C(C)C3C=CC(=O)C3(C)C(OC(=O)C=C(C)C)C12. The zero-order valence-corrected chi connectivity index (χ0v) is 17.3. The van der Waals surface area contributed by atoms with E-state index in [0.29, 0.717) is 0 Å². The second kappa shape index (κ2) is 7.28. The molecule has 1 heterocycles. The van der Waals surface area contributed by atoms with Crippen molar-refractivity contribution in [2.45, 2.75) is 52.9 Å². The monoisotopic (exact) mass is 402 g/mol. The molecule has 0 bridgehead atoms. The highest BCUT2D eigenvalue weighted by atomic mass is 16.6. The van der Waals surface area contributed by atoms with Crippen LogP contribution in [-0.2, 0) is 33.4 Å². The van der Waals surface area contributed by atoms with E-state index in [1.165, 1.54) is 19.1 Å². The highest BCUT2D eigenvalue weighted by Crippen LogP contribution is 2.55. The molecule has 0 aromatic carbocycles. The molecule has 7 nitrogen and oxygen atoms in total. The van der Waals surface area contributed by atoms with E-state index in [4.69, 9.17) is 14.2 Å². The first-order chi connectivity index (χ1) is 13.5. The smallest absolute Gasteiger partial charge is 0.334 e. The van der Waals surface area contributed by atoms with Crippen LogP contribution in [-0.4, -0.2) is 42.0 Å². The Hall–Kier alpha value is -2.70. The van der Waals surface area contributed by atoms with Crippen LogP contribution in [0.25, 0.3) is 0 Å². The molecule has 156 valence electrons. The molecule has 7 heteroatoms. The molecule has 2 aliphatic carbocycles. The van der Waals surface area contributed by atoms with E-state index in [-0.39, 0.29) is 23.2 Å². The van der Waals surface area contributed by atoms with E-state index in [1.807, 2.05) is 6.92 Å². The second-order valence-corrected chi connectivity index (χ2v) is 8.47. The predicted octanol–water partition coefficient (Wildman–Crippen LogP) is 2.30. The van der Waals surface area contributed by atoms with Crippen LogP contribution >= 0.6 is 0 Å². The molecule has 29 heavy (non-hydrogen) atoms. The van der Waals surface area contributed by atoms with E-state index in [0.717, 1.165) is 5.57 Å². The first kappa shape index (κ1) is 21.0. The number of hydrogen-bond donors (Lipinski definition) is 0. The molecule has 1 saturated heterocycles. The maximum atomic E-state index is 13.0. The first-order valence-electron chi connectivity index (χ1n) is 9.63. The number of allylic oxidation sites excluding steroid dienone is 3. The Morgan fingerprint density at radius 1 is 1.21 bits per heavy atom. The third kappa shape index (κ3) is 3.32. The summed E-state index contributed by atoms with van der Waals surface area (Å²) < 4.78 is 16.9. The van der Waals surface area contributed by atoms with Gasteiger partial charge in [-0.2, -0.15) is 0 Å². The van der Waals surface area contributed by atoms with Crippen LogP contribution in [0.3, 0.4) is 0 Å². The summed E-state index contributed by atoms with van der Waals surface area (Å²) in [5.41, 5.74) is -0.295. The van der Waals surface area contributed by atoms with Crippen molar-refractivity contribution in [1.82, 2.24) is 0 Å². The van der Waals surface area contributed by atoms with Crippen molar-refractivity contribution in [3.8, 4) is 0 Å². The minimum atomic E-state index is -1.14. The molecule has 1 aliphatic heterocycles. The number of rotatable bonds is 3. The summed E-state index contributed by atoms with van der Waals surface area (Å²) in [5.74, 6) is -3.52. The molecule has 7 unspecified atom stereocenters. The quantitative estimate of drug-likeness (QED) is 0.406. The van der Waals surface area contributed by atoms with Gasteiger partial charge in [-0.25, -0.2) is 9.59 Å². The molecule has 3 aliphatic rings. The van der Waals surface area contributed by atoms with Gasteiger partial charge in [0, 0.05) is 24.5 Å². The summed E-state index contributed by atoms with van der Waals surface area (Å²) in [4.78, 5) is 49.6. The van der Waals surface area contributed by atoms with Gasteiger partial charge in [0.15, 0.2) is 5.78 Å². The highest BCUT2D eigenvalue weighted by Gasteiger charge is 2.65. The Bertz CT molecular complexity index is 847. The molecule has 0 N–H and O–H groups in total. The Balaban J connectivity index is 2.15. The molecule has 0 aromatic rings. The third-order valence-electron chi connectivity index (χ3n) is 6.22. The van der Waals surface area contributed by atoms with Gasteiger partial charge in [-0.05, 0) is 32.8 Å². The molecule has 7 atom stereocenters. The van der Waals surface area contributed by atoms with Crippen molar-refractivity contribution < 1.29 is 33.4 Å². The van der Waals surface area contributed by atoms with Crippen LogP contribution in [0.2, 0.25) is 0 Å². The number of esters is 3. The molecule has 0 radical (unpaired) electrons. The zero-order chi connectivity index (χ0) is 21.7. The summed E-state index contributed by atoms with van der Waals surface area (Å²) in [6.07, 6.45) is 1.88. The summed E-state index contributed by atoms with van der Waals surface area (Å²) >= 11 is 0. The van der Waals surface area contributed by atoms with Gasteiger partial charge in [0.25, 0.3) is 0 Å². The van der Waals surface area contributed by atoms with Gasteiger partial charge in [0.1, 0.15) is 18.3 Å². The lowest BCUT2D eigenvalue weighted by atomic mass is 9.67. The molecule has 0 amide bonds. The van der Waals surface area contributed by atoms with Crippen LogP contribution < -0.4 is 0 Å². The molecule has 3 rings (SSSR count). The fourth-order valence-corrected chi connectivity index (χ4v) is 4.85. The number of carbonyl (C=O) groups is 4. The normalized spacial score (nSPS) is 37.9. The van der Waals surface area contributed by atoms with Gasteiger partial charge in [-0.15, -0.1) is 0 Å². The standard InChI is InChI=1S/C22H26O7/c1-10(2)9-16(25)28-20-17-12(4)21(26)29-19(17)18(27-13(5)23)11(3)14-7-8-15(24)22(14,20)6/h7-9,11,14,17-20H,4H2,1-3,5-6H3. The first-order valence-corrected chi connectivity index (χ1v) is 9.63. The molecule has 1 saturated carbocycles. The van der Waals surface area contributed by atoms with Gasteiger partial charge in [-0.1, -0.05) is 25.2 Å². The number of fused-ring (bicyclic) bond motifs is 2. The van der Waals surface area contributed by atoms with Gasteiger partial charge in [0.2, 0.25) is 0 Å². The van der Waals surface area contributed by atoms with E-state index < -0.39 is 47.6 Å².